The summed E-state index contributed by atoms with van der Waals surface area (Å²) in [6.07, 6.45) is 1.23. The SMILES string of the molecule is COCCCNC(=S)NCCOC(C)C. The summed E-state index contributed by atoms with van der Waals surface area (Å²) < 4.78 is 10.3. The molecule has 90 valence electrons. The quantitative estimate of drug-likeness (QED) is 0.483. The van der Waals surface area contributed by atoms with Crippen LogP contribution in [0.5, 0.6) is 0 Å². The lowest BCUT2D eigenvalue weighted by Crippen LogP contribution is -2.38. The first-order valence-corrected chi connectivity index (χ1v) is 5.70. The lowest BCUT2D eigenvalue weighted by molar-refractivity contribution is 0.0830. The monoisotopic (exact) mass is 234 g/mol. The van der Waals surface area contributed by atoms with Crippen LogP contribution in [0.4, 0.5) is 0 Å². The first-order chi connectivity index (χ1) is 7.16. The zero-order valence-electron chi connectivity index (χ0n) is 9.84. The van der Waals surface area contributed by atoms with E-state index < -0.39 is 0 Å². The first kappa shape index (κ1) is 14.6. The topological polar surface area (TPSA) is 42.5 Å². The molecule has 15 heavy (non-hydrogen) atoms. The highest BCUT2D eigenvalue weighted by Gasteiger charge is 1.95. The van der Waals surface area contributed by atoms with Crippen molar-refractivity contribution in [2.24, 2.45) is 0 Å². The highest BCUT2D eigenvalue weighted by molar-refractivity contribution is 7.80. The fraction of sp³-hybridized carbons (Fsp3) is 0.900. The normalized spacial score (nSPS) is 10.4. The predicted molar refractivity (Wildman–Crippen MR) is 66.2 cm³/mol. The molecule has 0 aromatic carbocycles. The first-order valence-electron chi connectivity index (χ1n) is 5.29. The third-order valence-corrected chi connectivity index (χ3v) is 1.94. The van der Waals surface area contributed by atoms with Crippen molar-refractivity contribution in [3.63, 3.8) is 0 Å². The van der Waals surface area contributed by atoms with Gasteiger partial charge in [-0.1, -0.05) is 0 Å². The molecule has 0 heterocycles. The maximum absolute atomic E-state index is 5.37. The van der Waals surface area contributed by atoms with Crippen LogP contribution in [-0.4, -0.2) is 44.6 Å². The largest absolute Gasteiger partial charge is 0.385 e. The van der Waals surface area contributed by atoms with Crippen molar-refractivity contribution in [1.82, 2.24) is 10.6 Å². The van der Waals surface area contributed by atoms with Crippen molar-refractivity contribution in [3.05, 3.63) is 0 Å². The van der Waals surface area contributed by atoms with Gasteiger partial charge in [-0.15, -0.1) is 0 Å². The van der Waals surface area contributed by atoms with E-state index in [-0.39, 0.29) is 6.10 Å². The van der Waals surface area contributed by atoms with Crippen LogP contribution in [-0.2, 0) is 9.47 Å². The van der Waals surface area contributed by atoms with Crippen LogP contribution < -0.4 is 10.6 Å². The number of thiocarbonyl (C=S) groups is 1. The van der Waals surface area contributed by atoms with Crippen molar-refractivity contribution in [2.45, 2.75) is 26.4 Å². The van der Waals surface area contributed by atoms with E-state index >= 15 is 0 Å². The Balaban J connectivity index is 3.19. The smallest absolute Gasteiger partial charge is 0.166 e. The Bertz CT molecular complexity index is 166. The maximum atomic E-state index is 5.37. The van der Waals surface area contributed by atoms with Crippen molar-refractivity contribution in [3.8, 4) is 0 Å². The summed E-state index contributed by atoms with van der Waals surface area (Å²) in [6.45, 7) is 7.05. The van der Waals surface area contributed by atoms with Crippen LogP contribution in [0.15, 0.2) is 0 Å². The van der Waals surface area contributed by atoms with Crippen molar-refractivity contribution < 1.29 is 9.47 Å². The average Bonchev–Trinajstić information content (AvgIpc) is 2.19. The van der Waals surface area contributed by atoms with E-state index in [9.17, 15) is 0 Å². The van der Waals surface area contributed by atoms with Crippen LogP contribution >= 0.6 is 12.2 Å². The van der Waals surface area contributed by atoms with Crippen LogP contribution in [0.2, 0.25) is 0 Å². The molecule has 0 aliphatic heterocycles. The zero-order valence-corrected chi connectivity index (χ0v) is 10.7. The minimum atomic E-state index is 0.273. The second-order valence-corrected chi connectivity index (χ2v) is 3.86. The molecule has 0 rings (SSSR count). The maximum Gasteiger partial charge on any atom is 0.166 e. The standard InChI is InChI=1S/C10H22N2O2S/c1-9(2)14-8-6-12-10(15)11-5-4-7-13-3/h9H,4-8H2,1-3H3,(H2,11,12,15). The molecule has 0 atom stereocenters. The summed E-state index contributed by atoms with van der Waals surface area (Å²) in [4.78, 5) is 0. The van der Waals surface area contributed by atoms with Crippen LogP contribution in [0, 0.1) is 0 Å². The molecule has 0 radical (unpaired) electrons. The highest BCUT2D eigenvalue weighted by atomic mass is 32.1. The molecular formula is C10H22N2O2S. The molecule has 0 saturated carbocycles. The molecule has 0 bridgehead atoms. The average molecular weight is 234 g/mol. The van der Waals surface area contributed by atoms with Gasteiger partial charge in [0.05, 0.1) is 12.7 Å². The second kappa shape index (κ2) is 10.1. The third kappa shape index (κ3) is 11.5. The molecule has 2 N–H and O–H groups in total. The van der Waals surface area contributed by atoms with Gasteiger partial charge in [-0.25, -0.2) is 0 Å². The molecule has 0 saturated heterocycles. The van der Waals surface area contributed by atoms with Gasteiger partial charge in [0.1, 0.15) is 0 Å². The van der Waals surface area contributed by atoms with Gasteiger partial charge in [-0.05, 0) is 32.5 Å². The molecule has 0 aromatic rings. The van der Waals surface area contributed by atoms with Crippen molar-refractivity contribution in [1.29, 1.82) is 0 Å². The molecule has 0 amide bonds. The lowest BCUT2D eigenvalue weighted by Gasteiger charge is -2.11. The molecule has 5 heteroatoms. The third-order valence-electron chi connectivity index (χ3n) is 1.65. The Labute approximate surface area is 97.7 Å². The Morgan fingerprint density at radius 1 is 1.20 bits per heavy atom. The van der Waals surface area contributed by atoms with Crippen molar-refractivity contribution in [2.75, 3.05) is 33.4 Å². The van der Waals surface area contributed by atoms with Gasteiger partial charge in [0, 0.05) is 26.8 Å². The van der Waals surface area contributed by atoms with Gasteiger partial charge < -0.3 is 20.1 Å². The van der Waals surface area contributed by atoms with E-state index in [0.29, 0.717) is 11.7 Å². The molecule has 0 unspecified atom stereocenters. The molecule has 4 nitrogen and oxygen atoms in total. The van der Waals surface area contributed by atoms with E-state index in [4.69, 9.17) is 21.7 Å². The van der Waals surface area contributed by atoms with E-state index in [1.54, 1.807) is 7.11 Å². The minimum Gasteiger partial charge on any atom is -0.385 e. The van der Waals surface area contributed by atoms with Crippen LogP contribution in [0.1, 0.15) is 20.3 Å². The number of hydrogen-bond acceptors (Lipinski definition) is 3. The molecular weight excluding hydrogens is 212 g/mol. The Morgan fingerprint density at radius 3 is 2.47 bits per heavy atom. The van der Waals surface area contributed by atoms with E-state index in [1.807, 2.05) is 13.8 Å². The van der Waals surface area contributed by atoms with Gasteiger partial charge >= 0.3 is 0 Å². The molecule has 0 aromatic heterocycles. The fourth-order valence-electron chi connectivity index (χ4n) is 0.940. The molecule has 0 spiro atoms. The molecule has 0 aliphatic rings. The van der Waals surface area contributed by atoms with Gasteiger partial charge in [-0.2, -0.15) is 0 Å². The fourth-order valence-corrected chi connectivity index (χ4v) is 1.14. The lowest BCUT2D eigenvalue weighted by atomic mass is 10.4. The van der Waals surface area contributed by atoms with Crippen molar-refractivity contribution >= 4 is 17.3 Å². The minimum absolute atomic E-state index is 0.273. The van der Waals surface area contributed by atoms with Crippen LogP contribution in [0.25, 0.3) is 0 Å². The van der Waals surface area contributed by atoms with Gasteiger partial charge in [0.25, 0.3) is 0 Å². The highest BCUT2D eigenvalue weighted by Crippen LogP contribution is 1.85. The number of ether oxygens (including phenoxy) is 2. The summed E-state index contributed by atoms with van der Waals surface area (Å²) in [7, 11) is 1.69. The zero-order chi connectivity index (χ0) is 11.5. The number of hydrogen-bond donors (Lipinski definition) is 2. The van der Waals surface area contributed by atoms with E-state index in [1.165, 1.54) is 0 Å². The Kier molecular flexibility index (Phi) is 9.88. The van der Waals surface area contributed by atoms with E-state index in [0.717, 1.165) is 26.1 Å². The number of methoxy groups -OCH3 is 1. The summed E-state index contributed by atoms with van der Waals surface area (Å²) in [5, 5.41) is 6.84. The van der Waals surface area contributed by atoms with Gasteiger partial charge in [-0.3, -0.25) is 0 Å². The van der Waals surface area contributed by atoms with Crippen LogP contribution in [0.3, 0.4) is 0 Å². The predicted octanol–water partition coefficient (Wildman–Crippen LogP) is 0.912. The van der Waals surface area contributed by atoms with Gasteiger partial charge in [0.2, 0.25) is 0 Å². The second-order valence-electron chi connectivity index (χ2n) is 3.45. The summed E-state index contributed by atoms with van der Waals surface area (Å²) in [6, 6.07) is 0. The number of rotatable bonds is 8. The van der Waals surface area contributed by atoms with Gasteiger partial charge in [0.15, 0.2) is 5.11 Å². The summed E-state index contributed by atoms with van der Waals surface area (Å²) >= 11 is 5.06. The summed E-state index contributed by atoms with van der Waals surface area (Å²) in [5.74, 6) is 0. The molecule has 0 aliphatic carbocycles. The molecule has 0 fully saturated rings. The Morgan fingerprint density at radius 2 is 1.87 bits per heavy atom. The Hall–Kier alpha value is -0.390. The summed E-state index contributed by atoms with van der Waals surface area (Å²) in [5.41, 5.74) is 0. The number of nitrogens with one attached hydrogen (secondary N) is 2. The van der Waals surface area contributed by atoms with E-state index in [2.05, 4.69) is 10.6 Å².